The number of nitrogens with zero attached hydrogens (tertiary/aromatic N) is 2. The molecule has 1 atom stereocenters. The van der Waals surface area contributed by atoms with E-state index in [-0.39, 0.29) is 24.0 Å². The quantitative estimate of drug-likeness (QED) is 0.232. The lowest BCUT2D eigenvalue weighted by Crippen LogP contribution is -2.44. The Kier molecular flexibility index (Phi) is 8.98. The van der Waals surface area contributed by atoms with Crippen LogP contribution in [0.3, 0.4) is 0 Å². The van der Waals surface area contributed by atoms with Crippen LogP contribution in [0.4, 0.5) is 5.69 Å². The van der Waals surface area contributed by atoms with E-state index in [4.69, 9.17) is 0 Å². The number of aliphatic hydroxyl groups is 1. The number of hydrogen-bond donors (Lipinski definition) is 3. The second kappa shape index (κ2) is 11.2. The van der Waals surface area contributed by atoms with Gasteiger partial charge in [0.1, 0.15) is 5.60 Å². The van der Waals surface area contributed by atoms with Crippen LogP contribution in [0.1, 0.15) is 25.0 Å². The van der Waals surface area contributed by atoms with E-state index >= 15 is 0 Å². The number of hydrogen-bond acceptors (Lipinski definition) is 3. The van der Waals surface area contributed by atoms with Gasteiger partial charge in [0.25, 0.3) is 0 Å². The molecule has 0 radical (unpaired) electrons. The summed E-state index contributed by atoms with van der Waals surface area (Å²) in [7, 11) is 0. The summed E-state index contributed by atoms with van der Waals surface area (Å²) in [6.45, 7) is 7.53. The summed E-state index contributed by atoms with van der Waals surface area (Å²) in [5.41, 5.74) is 2.30. The molecule has 2 aromatic carbocycles. The lowest BCUT2D eigenvalue weighted by Gasteiger charge is -2.25. The van der Waals surface area contributed by atoms with Gasteiger partial charge in [-0.15, -0.1) is 24.0 Å². The largest absolute Gasteiger partial charge is 0.384 e. The smallest absolute Gasteiger partial charge is 0.191 e. The Hall–Kier alpha value is -2.06. The van der Waals surface area contributed by atoms with Crippen molar-refractivity contribution < 1.29 is 5.11 Å². The standard InChI is InChI=1S/C23H30N4O.HI/c1-3-24-22(26-18-23(2,28)20-9-5-4-6-10-20)25-17-19-11-13-21(14-12-19)27-15-7-8-16-27;/h4-14,28H,3,15-18H2,1-2H3,(H2,24,25,26);1H. The third kappa shape index (κ3) is 6.75. The lowest BCUT2D eigenvalue weighted by molar-refractivity contribution is 0.0617. The second-order valence-corrected chi connectivity index (χ2v) is 7.23. The van der Waals surface area contributed by atoms with Gasteiger partial charge in [-0.3, -0.25) is 0 Å². The number of halogens is 1. The number of aliphatic imine (C=N–C) groups is 1. The maximum Gasteiger partial charge on any atom is 0.191 e. The highest BCUT2D eigenvalue weighted by atomic mass is 127. The minimum Gasteiger partial charge on any atom is -0.384 e. The number of rotatable bonds is 7. The molecule has 1 aliphatic rings. The Bertz CT molecular complexity index is 795. The van der Waals surface area contributed by atoms with Crippen LogP contribution in [0, 0.1) is 0 Å². The van der Waals surface area contributed by atoms with Gasteiger partial charge < -0.3 is 20.6 Å². The van der Waals surface area contributed by atoms with Gasteiger partial charge in [0.05, 0.1) is 13.1 Å². The monoisotopic (exact) mass is 506 g/mol. The molecule has 2 aromatic rings. The molecule has 0 aromatic heterocycles. The fourth-order valence-corrected chi connectivity index (χ4v) is 3.17. The Balaban J connectivity index is 0.00000300. The number of anilines is 1. The van der Waals surface area contributed by atoms with Crippen LogP contribution >= 0.6 is 24.0 Å². The fourth-order valence-electron chi connectivity index (χ4n) is 3.17. The number of benzene rings is 2. The van der Waals surface area contributed by atoms with Crippen LogP contribution in [-0.4, -0.2) is 37.2 Å². The highest BCUT2D eigenvalue weighted by Gasteiger charge is 2.22. The second-order valence-electron chi connectivity index (χ2n) is 7.23. The van der Waals surface area contributed by atoms with E-state index in [9.17, 15) is 5.11 Å². The molecular formula is C23H31IN4O. The molecular weight excluding hydrogens is 475 g/mol. The summed E-state index contributed by atoms with van der Waals surface area (Å²) in [6.07, 6.45) is 4.38. The van der Waals surface area contributed by atoms with E-state index in [1.54, 1.807) is 0 Å². The summed E-state index contributed by atoms with van der Waals surface area (Å²) in [5.74, 6) is 0.700. The van der Waals surface area contributed by atoms with Crippen LogP contribution in [-0.2, 0) is 12.1 Å². The molecule has 1 unspecified atom stereocenters. The summed E-state index contributed by atoms with van der Waals surface area (Å²) in [6, 6.07) is 18.2. The van der Waals surface area contributed by atoms with Crippen molar-refractivity contribution in [3.63, 3.8) is 0 Å². The molecule has 0 fully saturated rings. The van der Waals surface area contributed by atoms with Crippen molar-refractivity contribution in [3.8, 4) is 0 Å². The molecule has 0 bridgehead atoms. The highest BCUT2D eigenvalue weighted by molar-refractivity contribution is 14.0. The molecule has 0 amide bonds. The van der Waals surface area contributed by atoms with Crippen LogP contribution in [0.25, 0.3) is 0 Å². The van der Waals surface area contributed by atoms with Gasteiger partial charge in [0.15, 0.2) is 5.96 Å². The predicted octanol–water partition coefficient (Wildman–Crippen LogP) is 3.64. The summed E-state index contributed by atoms with van der Waals surface area (Å²) < 4.78 is 0. The van der Waals surface area contributed by atoms with Gasteiger partial charge in [-0.25, -0.2) is 4.99 Å². The van der Waals surface area contributed by atoms with E-state index < -0.39 is 5.60 Å². The van der Waals surface area contributed by atoms with E-state index in [0.29, 0.717) is 19.0 Å². The van der Waals surface area contributed by atoms with Gasteiger partial charge in [0, 0.05) is 25.3 Å². The van der Waals surface area contributed by atoms with E-state index in [1.165, 1.54) is 5.69 Å². The van der Waals surface area contributed by atoms with Crippen molar-refractivity contribution in [3.05, 3.63) is 77.9 Å². The summed E-state index contributed by atoms with van der Waals surface area (Å²) in [5, 5.41) is 17.3. The van der Waals surface area contributed by atoms with Crippen LogP contribution < -0.4 is 15.5 Å². The Morgan fingerprint density at radius 1 is 1.03 bits per heavy atom. The molecule has 3 N–H and O–H groups in total. The molecule has 0 spiro atoms. The molecule has 1 heterocycles. The lowest BCUT2D eigenvalue weighted by atomic mass is 9.96. The van der Waals surface area contributed by atoms with Crippen LogP contribution in [0.15, 0.2) is 71.7 Å². The maximum absolute atomic E-state index is 10.8. The zero-order valence-corrected chi connectivity index (χ0v) is 19.5. The van der Waals surface area contributed by atoms with Gasteiger partial charge in [-0.2, -0.15) is 0 Å². The predicted molar refractivity (Wildman–Crippen MR) is 132 cm³/mol. The first-order valence-corrected chi connectivity index (χ1v) is 9.87. The molecule has 0 aliphatic carbocycles. The van der Waals surface area contributed by atoms with Gasteiger partial charge in [-0.05, 0) is 37.1 Å². The molecule has 156 valence electrons. The third-order valence-electron chi connectivity index (χ3n) is 4.88. The first-order valence-electron chi connectivity index (χ1n) is 9.87. The Labute approximate surface area is 191 Å². The fraction of sp³-hybridized carbons (Fsp3) is 0.348. The van der Waals surface area contributed by atoms with Crippen LogP contribution in [0.2, 0.25) is 0 Å². The van der Waals surface area contributed by atoms with Gasteiger partial charge >= 0.3 is 0 Å². The van der Waals surface area contributed by atoms with Crippen molar-refractivity contribution in [2.24, 2.45) is 4.99 Å². The Morgan fingerprint density at radius 3 is 2.31 bits per heavy atom. The topological polar surface area (TPSA) is 59.9 Å². The zero-order valence-electron chi connectivity index (χ0n) is 17.1. The van der Waals surface area contributed by atoms with Crippen molar-refractivity contribution in [1.29, 1.82) is 0 Å². The zero-order chi connectivity index (χ0) is 19.8. The number of guanidine groups is 1. The molecule has 29 heavy (non-hydrogen) atoms. The average Bonchev–Trinajstić information content (AvgIpc) is 3.26. The summed E-state index contributed by atoms with van der Waals surface area (Å²) in [4.78, 5) is 6.99. The van der Waals surface area contributed by atoms with E-state index in [1.807, 2.05) is 44.2 Å². The minimum atomic E-state index is -0.969. The molecule has 3 rings (SSSR count). The van der Waals surface area contributed by atoms with Crippen molar-refractivity contribution in [2.75, 3.05) is 31.1 Å². The van der Waals surface area contributed by atoms with Crippen molar-refractivity contribution in [2.45, 2.75) is 26.0 Å². The Morgan fingerprint density at radius 2 is 1.69 bits per heavy atom. The van der Waals surface area contributed by atoms with E-state index in [0.717, 1.165) is 30.8 Å². The minimum absolute atomic E-state index is 0. The maximum atomic E-state index is 10.8. The normalized spacial score (nSPS) is 15.6. The average molecular weight is 506 g/mol. The molecule has 5 nitrogen and oxygen atoms in total. The molecule has 0 saturated carbocycles. The molecule has 1 aliphatic heterocycles. The molecule has 0 saturated heterocycles. The first kappa shape index (κ1) is 23.2. The van der Waals surface area contributed by atoms with E-state index in [2.05, 4.69) is 56.9 Å². The van der Waals surface area contributed by atoms with Gasteiger partial charge in [-0.1, -0.05) is 54.6 Å². The van der Waals surface area contributed by atoms with Crippen molar-refractivity contribution >= 4 is 35.6 Å². The molecule has 6 heteroatoms. The number of nitrogens with one attached hydrogen (secondary N) is 2. The first-order chi connectivity index (χ1) is 13.6. The van der Waals surface area contributed by atoms with Crippen LogP contribution in [0.5, 0.6) is 0 Å². The SMILES string of the molecule is CCNC(=NCc1ccc(N2CC=CC2)cc1)NCC(C)(O)c1ccccc1.I. The highest BCUT2D eigenvalue weighted by Crippen LogP contribution is 2.19. The van der Waals surface area contributed by atoms with Gasteiger partial charge in [0.2, 0.25) is 0 Å². The van der Waals surface area contributed by atoms with Crippen molar-refractivity contribution in [1.82, 2.24) is 10.6 Å². The summed E-state index contributed by atoms with van der Waals surface area (Å²) >= 11 is 0. The third-order valence-corrected chi connectivity index (χ3v) is 4.88.